The van der Waals surface area contributed by atoms with Crippen LogP contribution in [0.25, 0.3) is 0 Å². The van der Waals surface area contributed by atoms with Gasteiger partial charge in [-0.05, 0) is 46.5 Å². The van der Waals surface area contributed by atoms with E-state index in [1.807, 2.05) is 0 Å². The van der Waals surface area contributed by atoms with Gasteiger partial charge in [0.2, 0.25) is 11.8 Å². The van der Waals surface area contributed by atoms with E-state index in [0.29, 0.717) is 24.5 Å². The van der Waals surface area contributed by atoms with Crippen LogP contribution in [0.15, 0.2) is 0 Å². The van der Waals surface area contributed by atoms with Crippen LogP contribution in [0.3, 0.4) is 0 Å². The molecular weight excluding hydrogens is 290 g/mol. The van der Waals surface area contributed by atoms with E-state index in [2.05, 4.69) is 37.9 Å². The fraction of sp³-hybridized carbons (Fsp3) is 0.889. The van der Waals surface area contributed by atoms with Crippen molar-refractivity contribution in [2.75, 3.05) is 26.2 Å². The van der Waals surface area contributed by atoms with Crippen molar-refractivity contribution in [3.8, 4) is 0 Å². The smallest absolute Gasteiger partial charge is 0.239 e. The van der Waals surface area contributed by atoms with Crippen molar-refractivity contribution < 1.29 is 9.59 Å². The second-order valence-corrected chi connectivity index (χ2v) is 7.65. The van der Waals surface area contributed by atoms with Crippen LogP contribution < -0.4 is 5.32 Å². The molecule has 0 aromatic heterocycles. The Hall–Kier alpha value is -1.10. The molecule has 132 valence electrons. The third-order valence-electron chi connectivity index (χ3n) is 5.35. The minimum Gasteiger partial charge on any atom is -0.353 e. The number of hydrogen-bond acceptors (Lipinski definition) is 3. The van der Waals surface area contributed by atoms with Crippen molar-refractivity contribution >= 4 is 11.8 Å². The Bertz CT molecular complexity index is 414. The van der Waals surface area contributed by atoms with Crippen LogP contribution in [0.4, 0.5) is 0 Å². The number of amides is 2. The molecule has 2 unspecified atom stereocenters. The predicted octanol–water partition coefficient (Wildman–Crippen LogP) is 1.87. The van der Waals surface area contributed by atoms with Crippen molar-refractivity contribution in [2.24, 2.45) is 11.8 Å². The molecule has 2 atom stereocenters. The maximum atomic E-state index is 12.4. The highest BCUT2D eigenvalue weighted by atomic mass is 16.2. The molecule has 0 radical (unpaired) electrons. The molecule has 1 saturated carbocycles. The van der Waals surface area contributed by atoms with Crippen LogP contribution in [-0.4, -0.2) is 59.9 Å². The Morgan fingerprint density at radius 2 is 1.87 bits per heavy atom. The molecule has 2 rings (SSSR count). The van der Waals surface area contributed by atoms with Crippen LogP contribution in [0.5, 0.6) is 0 Å². The summed E-state index contributed by atoms with van der Waals surface area (Å²) in [5, 5.41) is 2.98. The van der Waals surface area contributed by atoms with Gasteiger partial charge in [0.25, 0.3) is 0 Å². The van der Waals surface area contributed by atoms with Crippen LogP contribution in [0.1, 0.15) is 53.4 Å². The molecule has 0 bridgehead atoms. The number of rotatable bonds is 7. The lowest BCUT2D eigenvalue weighted by Crippen LogP contribution is -2.44. The van der Waals surface area contributed by atoms with Gasteiger partial charge in [0.1, 0.15) is 0 Å². The van der Waals surface area contributed by atoms with Crippen molar-refractivity contribution in [3.63, 3.8) is 0 Å². The SMILES string of the molecule is CC(C)N(CCNC(=O)CN1CC2CCCCC2C1=O)C(C)C. The molecule has 2 fully saturated rings. The highest BCUT2D eigenvalue weighted by molar-refractivity contribution is 5.87. The number of likely N-dealkylation sites (tertiary alicyclic amines) is 1. The van der Waals surface area contributed by atoms with E-state index in [1.54, 1.807) is 4.90 Å². The van der Waals surface area contributed by atoms with E-state index in [9.17, 15) is 9.59 Å². The average molecular weight is 323 g/mol. The second-order valence-electron chi connectivity index (χ2n) is 7.65. The summed E-state index contributed by atoms with van der Waals surface area (Å²) >= 11 is 0. The Morgan fingerprint density at radius 3 is 2.48 bits per heavy atom. The zero-order valence-corrected chi connectivity index (χ0v) is 15.2. The molecule has 23 heavy (non-hydrogen) atoms. The van der Waals surface area contributed by atoms with E-state index < -0.39 is 0 Å². The monoisotopic (exact) mass is 323 g/mol. The Balaban J connectivity index is 1.74. The molecule has 5 nitrogen and oxygen atoms in total. The van der Waals surface area contributed by atoms with E-state index in [-0.39, 0.29) is 24.3 Å². The highest BCUT2D eigenvalue weighted by Crippen LogP contribution is 2.36. The van der Waals surface area contributed by atoms with Gasteiger partial charge in [0.05, 0.1) is 6.54 Å². The maximum absolute atomic E-state index is 12.4. The third-order valence-corrected chi connectivity index (χ3v) is 5.35. The second kappa shape index (κ2) is 8.13. The zero-order valence-electron chi connectivity index (χ0n) is 15.2. The first-order chi connectivity index (χ1) is 10.9. The molecule has 1 saturated heterocycles. The predicted molar refractivity (Wildman–Crippen MR) is 92.0 cm³/mol. The molecule has 1 aliphatic carbocycles. The molecule has 0 aromatic rings. The van der Waals surface area contributed by atoms with Gasteiger partial charge in [-0.2, -0.15) is 0 Å². The highest BCUT2D eigenvalue weighted by Gasteiger charge is 2.41. The summed E-state index contributed by atoms with van der Waals surface area (Å²) in [5.41, 5.74) is 0. The summed E-state index contributed by atoms with van der Waals surface area (Å²) in [6.07, 6.45) is 4.55. The molecule has 1 heterocycles. The number of fused-ring (bicyclic) bond motifs is 1. The normalized spacial score (nSPS) is 24.7. The van der Waals surface area contributed by atoms with Gasteiger partial charge >= 0.3 is 0 Å². The molecule has 1 aliphatic heterocycles. The lowest BCUT2D eigenvalue weighted by molar-refractivity contribution is -0.135. The quantitative estimate of drug-likeness (QED) is 0.778. The van der Waals surface area contributed by atoms with Crippen molar-refractivity contribution in [3.05, 3.63) is 0 Å². The summed E-state index contributed by atoms with van der Waals surface area (Å²) < 4.78 is 0. The Labute approximate surface area is 140 Å². The van der Waals surface area contributed by atoms with Crippen LogP contribution in [0, 0.1) is 11.8 Å². The van der Waals surface area contributed by atoms with Crippen LogP contribution in [-0.2, 0) is 9.59 Å². The summed E-state index contributed by atoms with van der Waals surface area (Å²) in [5.74, 6) is 0.857. The molecule has 5 heteroatoms. The van der Waals surface area contributed by atoms with Gasteiger partial charge in [-0.1, -0.05) is 12.8 Å². The van der Waals surface area contributed by atoms with Gasteiger partial charge in [-0.15, -0.1) is 0 Å². The largest absolute Gasteiger partial charge is 0.353 e. The van der Waals surface area contributed by atoms with Gasteiger partial charge in [-0.3, -0.25) is 14.5 Å². The molecule has 1 N–H and O–H groups in total. The lowest BCUT2D eigenvalue weighted by Gasteiger charge is -2.30. The fourth-order valence-electron chi connectivity index (χ4n) is 4.17. The fourth-order valence-corrected chi connectivity index (χ4v) is 4.17. The van der Waals surface area contributed by atoms with Gasteiger partial charge in [0, 0.05) is 37.6 Å². The topological polar surface area (TPSA) is 52.7 Å². The summed E-state index contributed by atoms with van der Waals surface area (Å²) in [6.45, 7) is 11.2. The van der Waals surface area contributed by atoms with E-state index >= 15 is 0 Å². The third kappa shape index (κ3) is 4.69. The van der Waals surface area contributed by atoms with E-state index in [4.69, 9.17) is 0 Å². The number of carbonyl (C=O) groups is 2. The van der Waals surface area contributed by atoms with Gasteiger partial charge in [-0.25, -0.2) is 0 Å². The first kappa shape index (κ1) is 18.2. The molecule has 0 spiro atoms. The first-order valence-electron chi connectivity index (χ1n) is 9.21. The minimum absolute atomic E-state index is 0.0236. The van der Waals surface area contributed by atoms with Crippen LogP contribution in [0.2, 0.25) is 0 Å². The summed E-state index contributed by atoms with van der Waals surface area (Å²) in [4.78, 5) is 28.7. The van der Waals surface area contributed by atoms with Crippen molar-refractivity contribution in [1.82, 2.24) is 15.1 Å². The first-order valence-corrected chi connectivity index (χ1v) is 9.21. The maximum Gasteiger partial charge on any atom is 0.239 e. The molecule has 0 aromatic carbocycles. The molecular formula is C18H33N3O2. The molecule has 2 amide bonds. The number of carbonyl (C=O) groups excluding carboxylic acids is 2. The molecule has 2 aliphatic rings. The van der Waals surface area contributed by atoms with E-state index in [1.165, 1.54) is 6.42 Å². The number of hydrogen-bond donors (Lipinski definition) is 1. The average Bonchev–Trinajstić information content (AvgIpc) is 2.79. The zero-order chi connectivity index (χ0) is 17.0. The van der Waals surface area contributed by atoms with Crippen molar-refractivity contribution in [2.45, 2.75) is 65.5 Å². The van der Waals surface area contributed by atoms with E-state index in [0.717, 1.165) is 32.4 Å². The Morgan fingerprint density at radius 1 is 1.22 bits per heavy atom. The summed E-state index contributed by atoms with van der Waals surface area (Å²) in [7, 11) is 0. The number of nitrogens with zero attached hydrogens (tertiary/aromatic N) is 2. The lowest BCUT2D eigenvalue weighted by atomic mass is 9.81. The summed E-state index contributed by atoms with van der Waals surface area (Å²) in [6, 6.07) is 0.936. The Kier molecular flexibility index (Phi) is 6.45. The van der Waals surface area contributed by atoms with Crippen molar-refractivity contribution in [1.29, 1.82) is 0 Å². The number of nitrogens with one attached hydrogen (secondary N) is 1. The standard InChI is InChI=1S/C18H33N3O2/c1-13(2)21(14(3)4)10-9-19-17(22)12-20-11-15-7-5-6-8-16(15)18(20)23/h13-16H,5-12H2,1-4H3,(H,19,22). The van der Waals surface area contributed by atoms with Crippen LogP contribution >= 0.6 is 0 Å². The van der Waals surface area contributed by atoms with Gasteiger partial charge in [0.15, 0.2) is 0 Å². The van der Waals surface area contributed by atoms with Gasteiger partial charge < -0.3 is 10.2 Å². The minimum atomic E-state index is -0.0236.